The van der Waals surface area contributed by atoms with Crippen molar-refractivity contribution in [3.8, 4) is 0 Å². The molecule has 6 nitrogen and oxygen atoms in total. The van der Waals surface area contributed by atoms with Gasteiger partial charge in [0.15, 0.2) is 6.61 Å². The molecular weight excluding hydrogens is 376 g/mol. The van der Waals surface area contributed by atoms with E-state index < -0.39 is 5.97 Å². The first-order valence-electron chi connectivity index (χ1n) is 9.05. The van der Waals surface area contributed by atoms with Gasteiger partial charge < -0.3 is 15.0 Å². The van der Waals surface area contributed by atoms with Crippen LogP contribution in [0.25, 0.3) is 0 Å². The number of thioether (sulfide) groups is 1. The average Bonchev–Trinajstić information content (AvgIpc) is 2.84. The summed E-state index contributed by atoms with van der Waals surface area (Å²) in [7, 11) is 0. The van der Waals surface area contributed by atoms with Gasteiger partial charge in [0.1, 0.15) is 0 Å². The number of fused-ring (bicyclic) bond motifs is 1. The van der Waals surface area contributed by atoms with Crippen LogP contribution in [0.5, 0.6) is 0 Å². The number of carbonyl (C=O) groups excluding carboxylic acids is 3. The van der Waals surface area contributed by atoms with E-state index in [1.807, 2.05) is 24.3 Å². The van der Waals surface area contributed by atoms with Gasteiger partial charge >= 0.3 is 5.97 Å². The fourth-order valence-electron chi connectivity index (χ4n) is 2.93. The zero-order valence-corrected chi connectivity index (χ0v) is 16.6. The minimum atomic E-state index is -0.575. The smallest absolute Gasteiger partial charge is 0.338 e. The summed E-state index contributed by atoms with van der Waals surface area (Å²) >= 11 is 1.75. The van der Waals surface area contributed by atoms with E-state index in [9.17, 15) is 14.4 Å². The SMILES string of the molecule is CC(=O)Nc1ccc(C(=O)OCC(=O)N2CC[C@H](C)Sc3ccccc32)cc1. The molecule has 1 aliphatic rings. The molecule has 7 heteroatoms. The molecule has 2 amide bonds. The maximum Gasteiger partial charge on any atom is 0.338 e. The Morgan fingerprint density at radius 3 is 2.57 bits per heavy atom. The number of nitrogens with one attached hydrogen (secondary N) is 1. The number of ether oxygens (including phenoxy) is 1. The zero-order valence-electron chi connectivity index (χ0n) is 15.8. The number of anilines is 2. The molecule has 0 spiro atoms. The van der Waals surface area contributed by atoms with Crippen molar-refractivity contribution in [1.82, 2.24) is 0 Å². The summed E-state index contributed by atoms with van der Waals surface area (Å²) in [5, 5.41) is 3.04. The van der Waals surface area contributed by atoms with Crippen LogP contribution in [0.4, 0.5) is 11.4 Å². The van der Waals surface area contributed by atoms with Gasteiger partial charge in [-0.25, -0.2) is 4.79 Å². The lowest BCUT2D eigenvalue weighted by atomic mass is 10.2. The highest BCUT2D eigenvalue weighted by atomic mass is 32.2. The van der Waals surface area contributed by atoms with Crippen molar-refractivity contribution in [3.63, 3.8) is 0 Å². The summed E-state index contributed by atoms with van der Waals surface area (Å²) < 4.78 is 5.22. The van der Waals surface area contributed by atoms with Gasteiger partial charge in [0.25, 0.3) is 5.91 Å². The minimum absolute atomic E-state index is 0.189. The molecule has 2 aromatic rings. The maximum atomic E-state index is 12.7. The van der Waals surface area contributed by atoms with Crippen LogP contribution in [0.2, 0.25) is 0 Å². The van der Waals surface area contributed by atoms with Crippen molar-refractivity contribution >= 4 is 40.9 Å². The monoisotopic (exact) mass is 398 g/mol. The molecule has 1 aliphatic heterocycles. The topological polar surface area (TPSA) is 75.7 Å². The average molecular weight is 398 g/mol. The summed E-state index contributed by atoms with van der Waals surface area (Å²) in [6.45, 7) is 3.82. The van der Waals surface area contributed by atoms with Crippen LogP contribution in [-0.4, -0.2) is 36.2 Å². The summed E-state index contributed by atoms with van der Waals surface area (Å²) in [6, 6.07) is 14.1. The Hall–Kier alpha value is -2.80. The van der Waals surface area contributed by atoms with E-state index in [-0.39, 0.29) is 18.4 Å². The lowest BCUT2D eigenvalue weighted by Gasteiger charge is -2.22. The number of hydrogen-bond donors (Lipinski definition) is 1. The molecule has 0 aliphatic carbocycles. The molecule has 0 fully saturated rings. The van der Waals surface area contributed by atoms with Crippen LogP contribution in [0.15, 0.2) is 53.4 Å². The lowest BCUT2D eigenvalue weighted by molar-refractivity contribution is -0.121. The molecule has 1 heterocycles. The predicted octanol–water partition coefficient (Wildman–Crippen LogP) is 3.72. The van der Waals surface area contributed by atoms with Crippen LogP contribution < -0.4 is 10.2 Å². The van der Waals surface area contributed by atoms with E-state index in [4.69, 9.17) is 4.74 Å². The van der Waals surface area contributed by atoms with Crippen molar-refractivity contribution in [2.75, 3.05) is 23.4 Å². The molecule has 2 aromatic carbocycles. The second-order valence-corrected chi connectivity index (χ2v) is 8.05. The minimum Gasteiger partial charge on any atom is -0.452 e. The summed E-state index contributed by atoms with van der Waals surface area (Å²) in [5.41, 5.74) is 1.77. The lowest BCUT2D eigenvalue weighted by Crippen LogP contribution is -2.35. The molecule has 0 saturated heterocycles. The van der Waals surface area contributed by atoms with Gasteiger partial charge in [0.2, 0.25) is 5.91 Å². The van der Waals surface area contributed by atoms with Crippen LogP contribution >= 0.6 is 11.8 Å². The van der Waals surface area contributed by atoms with Crippen molar-refractivity contribution in [3.05, 3.63) is 54.1 Å². The maximum absolute atomic E-state index is 12.7. The van der Waals surface area contributed by atoms with Crippen LogP contribution in [-0.2, 0) is 14.3 Å². The highest BCUT2D eigenvalue weighted by molar-refractivity contribution is 8.00. The number of nitrogens with zero attached hydrogens (tertiary/aromatic N) is 1. The van der Waals surface area contributed by atoms with E-state index in [1.54, 1.807) is 40.9 Å². The normalized spacial score (nSPS) is 15.9. The third kappa shape index (κ3) is 4.92. The first kappa shape index (κ1) is 19.9. The van der Waals surface area contributed by atoms with Gasteiger partial charge in [-0.2, -0.15) is 0 Å². The highest BCUT2D eigenvalue weighted by Gasteiger charge is 2.25. The number of hydrogen-bond acceptors (Lipinski definition) is 5. The number of benzene rings is 2. The molecule has 0 unspecified atom stereocenters. The molecule has 0 bridgehead atoms. The number of esters is 1. The third-order valence-electron chi connectivity index (χ3n) is 4.31. The highest BCUT2D eigenvalue weighted by Crippen LogP contribution is 2.37. The Kier molecular flexibility index (Phi) is 6.36. The molecule has 0 aromatic heterocycles. The molecule has 146 valence electrons. The van der Waals surface area contributed by atoms with Gasteiger partial charge in [-0.3, -0.25) is 9.59 Å². The number of rotatable bonds is 4. The summed E-state index contributed by atoms with van der Waals surface area (Å²) in [4.78, 5) is 38.8. The first-order chi connectivity index (χ1) is 13.4. The van der Waals surface area contributed by atoms with Crippen LogP contribution in [0, 0.1) is 0 Å². The molecular formula is C21H22N2O4S. The van der Waals surface area contributed by atoms with Gasteiger partial charge in [-0.15, -0.1) is 11.8 Å². The van der Waals surface area contributed by atoms with E-state index in [0.29, 0.717) is 23.0 Å². The fourth-order valence-corrected chi connectivity index (χ4v) is 4.04. The molecule has 0 saturated carbocycles. The molecule has 28 heavy (non-hydrogen) atoms. The Labute approximate surface area is 168 Å². The predicted molar refractivity (Wildman–Crippen MR) is 110 cm³/mol. The van der Waals surface area contributed by atoms with Crippen molar-refractivity contribution in [2.24, 2.45) is 0 Å². The number of para-hydroxylation sites is 1. The summed E-state index contributed by atoms with van der Waals surface area (Å²) in [5.74, 6) is -1.01. The van der Waals surface area contributed by atoms with Crippen molar-refractivity contribution < 1.29 is 19.1 Å². The second-order valence-electron chi connectivity index (χ2n) is 6.56. The number of carbonyl (C=O) groups is 3. The second kappa shape index (κ2) is 8.93. The van der Waals surface area contributed by atoms with Gasteiger partial charge in [-0.05, 0) is 42.8 Å². The van der Waals surface area contributed by atoms with Crippen molar-refractivity contribution in [1.29, 1.82) is 0 Å². The fraction of sp³-hybridized carbons (Fsp3) is 0.286. The van der Waals surface area contributed by atoms with Gasteiger partial charge in [0.05, 0.1) is 11.3 Å². The van der Waals surface area contributed by atoms with Crippen molar-refractivity contribution in [2.45, 2.75) is 30.4 Å². The quantitative estimate of drug-likeness (QED) is 0.795. The molecule has 1 N–H and O–H groups in total. The largest absolute Gasteiger partial charge is 0.452 e. The zero-order chi connectivity index (χ0) is 20.1. The van der Waals surface area contributed by atoms with Gasteiger partial charge in [0, 0.05) is 29.3 Å². The Morgan fingerprint density at radius 2 is 1.86 bits per heavy atom. The number of amides is 2. The Morgan fingerprint density at radius 1 is 1.14 bits per heavy atom. The van der Waals surface area contributed by atoms with E-state index in [0.717, 1.165) is 17.0 Å². The summed E-state index contributed by atoms with van der Waals surface area (Å²) in [6.07, 6.45) is 0.865. The van der Waals surface area contributed by atoms with E-state index >= 15 is 0 Å². The van der Waals surface area contributed by atoms with Crippen LogP contribution in [0.1, 0.15) is 30.6 Å². The van der Waals surface area contributed by atoms with Gasteiger partial charge in [-0.1, -0.05) is 19.1 Å². The standard InChI is InChI=1S/C21H22N2O4S/c1-14-11-12-23(18-5-3-4-6-19(18)28-14)20(25)13-27-21(26)16-7-9-17(10-8-16)22-15(2)24/h3-10,14H,11-13H2,1-2H3,(H,22,24)/t14-/m0/s1. The Balaban J connectivity index is 1.63. The molecule has 3 rings (SSSR count). The van der Waals surface area contributed by atoms with E-state index in [1.165, 1.54) is 6.92 Å². The van der Waals surface area contributed by atoms with Crippen LogP contribution in [0.3, 0.4) is 0 Å². The Bertz CT molecular complexity index is 882. The first-order valence-corrected chi connectivity index (χ1v) is 9.93. The third-order valence-corrected chi connectivity index (χ3v) is 5.55. The molecule has 0 radical (unpaired) electrons. The molecule has 1 atom stereocenters. The van der Waals surface area contributed by atoms with E-state index in [2.05, 4.69) is 12.2 Å².